The van der Waals surface area contributed by atoms with E-state index >= 15 is 0 Å². The predicted octanol–water partition coefficient (Wildman–Crippen LogP) is 1.16. The highest BCUT2D eigenvalue weighted by Crippen LogP contribution is 2.41. The van der Waals surface area contributed by atoms with Gasteiger partial charge in [0.2, 0.25) is 11.0 Å². The Bertz CT molecular complexity index is 946. The third-order valence-corrected chi connectivity index (χ3v) is 4.54. The van der Waals surface area contributed by atoms with Gasteiger partial charge < -0.3 is 0 Å². The van der Waals surface area contributed by atoms with E-state index in [1.807, 2.05) is 0 Å². The number of carbonyl (C=O) groups excluding carboxylic acids is 1. The molecule has 1 amide bonds. The van der Waals surface area contributed by atoms with Crippen molar-refractivity contribution in [3.8, 4) is 0 Å². The van der Waals surface area contributed by atoms with Gasteiger partial charge in [-0.3, -0.25) is 14.9 Å². The molecule has 0 bridgehead atoms. The van der Waals surface area contributed by atoms with Gasteiger partial charge in [-0.05, 0) is 25.0 Å². The molecule has 0 aliphatic heterocycles. The van der Waals surface area contributed by atoms with Crippen molar-refractivity contribution in [2.45, 2.75) is 25.3 Å². The van der Waals surface area contributed by atoms with Crippen LogP contribution in [0.15, 0.2) is 29.1 Å². The zero-order chi connectivity index (χ0) is 15.8. The number of nitrogens with one attached hydrogen (secondary N) is 1. The number of rotatable bonds is 4. The van der Waals surface area contributed by atoms with E-state index in [0.29, 0.717) is 22.0 Å². The van der Waals surface area contributed by atoms with Gasteiger partial charge in [-0.15, -0.1) is 15.3 Å². The summed E-state index contributed by atoms with van der Waals surface area (Å²) in [5.41, 5.74) is 0.161. The van der Waals surface area contributed by atoms with Gasteiger partial charge in [0.1, 0.15) is 17.1 Å². The quantitative estimate of drug-likeness (QED) is 0.771. The molecule has 9 heteroatoms. The summed E-state index contributed by atoms with van der Waals surface area (Å²) in [6.07, 6.45) is 2.26. The number of hydrogen-bond acceptors (Lipinski definition) is 7. The van der Waals surface area contributed by atoms with Gasteiger partial charge in [-0.2, -0.15) is 0 Å². The van der Waals surface area contributed by atoms with Crippen LogP contribution in [-0.4, -0.2) is 31.1 Å². The van der Waals surface area contributed by atoms with Crippen molar-refractivity contribution in [3.05, 3.63) is 39.6 Å². The highest BCUT2D eigenvalue weighted by molar-refractivity contribution is 7.15. The molecule has 0 unspecified atom stereocenters. The maximum absolute atomic E-state index is 12.3. The second kappa shape index (κ2) is 5.51. The molecular weight excluding hydrogens is 316 g/mol. The fourth-order valence-electron chi connectivity index (χ4n) is 2.20. The van der Waals surface area contributed by atoms with Crippen LogP contribution in [-0.2, 0) is 11.3 Å². The molecule has 0 spiro atoms. The molecule has 1 fully saturated rings. The first kappa shape index (κ1) is 13.9. The van der Waals surface area contributed by atoms with Crippen LogP contribution in [0, 0.1) is 0 Å². The van der Waals surface area contributed by atoms with Crippen molar-refractivity contribution >= 4 is 33.3 Å². The van der Waals surface area contributed by atoms with Crippen molar-refractivity contribution in [3.63, 3.8) is 0 Å². The lowest BCUT2D eigenvalue weighted by molar-refractivity contribution is -0.117. The second-order valence-corrected chi connectivity index (χ2v) is 6.35. The third kappa shape index (κ3) is 2.82. The van der Waals surface area contributed by atoms with E-state index in [1.165, 1.54) is 11.3 Å². The van der Waals surface area contributed by atoms with E-state index in [4.69, 9.17) is 0 Å². The van der Waals surface area contributed by atoms with Crippen molar-refractivity contribution in [1.29, 1.82) is 0 Å². The van der Waals surface area contributed by atoms with E-state index in [-0.39, 0.29) is 18.0 Å². The van der Waals surface area contributed by atoms with Crippen molar-refractivity contribution in [2.24, 2.45) is 0 Å². The minimum absolute atomic E-state index is 0.213. The van der Waals surface area contributed by atoms with Crippen molar-refractivity contribution < 1.29 is 4.79 Å². The lowest BCUT2D eigenvalue weighted by atomic mass is 10.2. The first-order chi connectivity index (χ1) is 11.2. The van der Waals surface area contributed by atoms with Crippen LogP contribution in [0.2, 0.25) is 0 Å². The molecule has 3 aromatic rings. The lowest BCUT2D eigenvalue weighted by Gasteiger charge is -2.04. The lowest BCUT2D eigenvalue weighted by Crippen LogP contribution is -2.30. The second-order valence-electron chi connectivity index (χ2n) is 5.34. The highest BCUT2D eigenvalue weighted by Gasteiger charge is 2.27. The maximum atomic E-state index is 12.3. The van der Waals surface area contributed by atoms with Gasteiger partial charge >= 0.3 is 0 Å². The average Bonchev–Trinajstić information content (AvgIpc) is 3.31. The summed E-state index contributed by atoms with van der Waals surface area (Å²) in [6, 6.07) is 6.89. The molecule has 23 heavy (non-hydrogen) atoms. The Morgan fingerprint density at radius 1 is 1.26 bits per heavy atom. The Labute approximate surface area is 134 Å². The summed E-state index contributed by atoms with van der Waals surface area (Å²) in [6.45, 7) is -0.213. The third-order valence-electron chi connectivity index (χ3n) is 3.54. The van der Waals surface area contributed by atoms with E-state index in [9.17, 15) is 9.59 Å². The van der Waals surface area contributed by atoms with Crippen LogP contribution in [0.5, 0.6) is 0 Å². The topological polar surface area (TPSA) is 103 Å². The zero-order valence-electron chi connectivity index (χ0n) is 12.0. The van der Waals surface area contributed by atoms with Crippen LogP contribution in [0.4, 0.5) is 5.13 Å². The Morgan fingerprint density at radius 3 is 2.91 bits per heavy atom. The fraction of sp³-hybridized carbons (Fsp3) is 0.286. The van der Waals surface area contributed by atoms with Crippen LogP contribution < -0.4 is 10.9 Å². The summed E-state index contributed by atoms with van der Waals surface area (Å²) >= 11 is 1.37. The Balaban J connectivity index is 1.51. The Morgan fingerprint density at radius 2 is 2.09 bits per heavy atom. The molecule has 1 saturated carbocycles. The molecule has 2 heterocycles. The molecule has 116 valence electrons. The van der Waals surface area contributed by atoms with Crippen LogP contribution in [0.1, 0.15) is 23.8 Å². The molecule has 0 atom stereocenters. The first-order valence-electron chi connectivity index (χ1n) is 7.16. The molecule has 0 radical (unpaired) electrons. The Hall–Kier alpha value is -2.68. The number of carbonyl (C=O) groups is 1. The molecule has 2 aromatic heterocycles. The SMILES string of the molecule is O=C(Cn1nnc2ccccc2c1=O)Nc1nnc(C2CC2)s1. The van der Waals surface area contributed by atoms with Crippen LogP contribution in [0.3, 0.4) is 0 Å². The minimum Gasteiger partial charge on any atom is -0.299 e. The van der Waals surface area contributed by atoms with Crippen LogP contribution >= 0.6 is 11.3 Å². The molecule has 4 rings (SSSR count). The van der Waals surface area contributed by atoms with Gasteiger partial charge in [0.25, 0.3) is 5.56 Å². The molecule has 8 nitrogen and oxygen atoms in total. The van der Waals surface area contributed by atoms with E-state index in [2.05, 4.69) is 25.8 Å². The first-order valence-corrected chi connectivity index (χ1v) is 7.98. The fourth-order valence-corrected chi connectivity index (χ4v) is 3.13. The Kier molecular flexibility index (Phi) is 3.34. The number of fused-ring (bicyclic) bond motifs is 1. The largest absolute Gasteiger partial charge is 0.299 e. The summed E-state index contributed by atoms with van der Waals surface area (Å²) in [5, 5.41) is 20.2. The predicted molar refractivity (Wildman–Crippen MR) is 84.3 cm³/mol. The summed E-state index contributed by atoms with van der Waals surface area (Å²) in [4.78, 5) is 24.3. The van der Waals surface area contributed by atoms with Crippen molar-refractivity contribution in [2.75, 3.05) is 5.32 Å². The van der Waals surface area contributed by atoms with Gasteiger partial charge in [-0.25, -0.2) is 4.68 Å². The maximum Gasteiger partial charge on any atom is 0.278 e. The monoisotopic (exact) mass is 328 g/mol. The number of amides is 1. The van der Waals surface area contributed by atoms with Crippen molar-refractivity contribution in [1.82, 2.24) is 25.2 Å². The van der Waals surface area contributed by atoms with Gasteiger partial charge in [0.05, 0.1) is 5.39 Å². The van der Waals surface area contributed by atoms with Gasteiger partial charge in [0.15, 0.2) is 0 Å². The standard InChI is InChI=1S/C14H12N6O2S/c21-11(15-14-18-17-12(23-14)8-5-6-8)7-20-13(22)9-3-1-2-4-10(9)16-19-20/h1-4,8H,5-7H2,(H,15,18,21). The average molecular weight is 328 g/mol. The van der Waals surface area contributed by atoms with E-state index in [1.54, 1.807) is 24.3 Å². The van der Waals surface area contributed by atoms with Gasteiger partial charge in [-0.1, -0.05) is 28.7 Å². The van der Waals surface area contributed by atoms with E-state index in [0.717, 1.165) is 22.5 Å². The van der Waals surface area contributed by atoms with E-state index < -0.39 is 0 Å². The van der Waals surface area contributed by atoms with Crippen LogP contribution in [0.25, 0.3) is 10.9 Å². The number of anilines is 1. The smallest absolute Gasteiger partial charge is 0.278 e. The molecule has 0 saturated heterocycles. The minimum atomic E-state index is -0.379. The molecule has 1 N–H and O–H groups in total. The summed E-state index contributed by atoms with van der Waals surface area (Å²) in [5.74, 6) is 0.113. The summed E-state index contributed by atoms with van der Waals surface area (Å²) in [7, 11) is 0. The van der Waals surface area contributed by atoms with Gasteiger partial charge in [0, 0.05) is 5.92 Å². The molecule has 1 aliphatic rings. The normalized spacial score (nSPS) is 14.1. The molecule has 1 aromatic carbocycles. The molecular formula is C14H12N6O2S. The summed E-state index contributed by atoms with van der Waals surface area (Å²) < 4.78 is 1.04. The number of aromatic nitrogens is 5. The number of nitrogens with zero attached hydrogens (tertiary/aromatic N) is 5. The zero-order valence-corrected chi connectivity index (χ0v) is 12.8. The number of benzene rings is 1. The molecule has 1 aliphatic carbocycles. The highest BCUT2D eigenvalue weighted by atomic mass is 32.1. The number of hydrogen-bond donors (Lipinski definition) is 1.